The zero-order valence-electron chi connectivity index (χ0n) is 12.4. The quantitative estimate of drug-likeness (QED) is 0.719. The minimum absolute atomic E-state index is 0.00495. The molecule has 0 aliphatic carbocycles. The molecule has 9 nitrogen and oxygen atoms in total. The second kappa shape index (κ2) is 7.94. The summed E-state index contributed by atoms with van der Waals surface area (Å²) < 4.78 is 34.2. The summed E-state index contributed by atoms with van der Waals surface area (Å²) in [6.45, 7) is -2.98. The van der Waals surface area contributed by atoms with Crippen molar-refractivity contribution < 1.29 is 27.8 Å². The first-order valence-corrected chi connectivity index (χ1v) is 6.61. The number of nitrogens with one attached hydrogen (secondary N) is 1. The van der Waals surface area contributed by atoms with Crippen molar-refractivity contribution in [3.8, 4) is 5.75 Å². The van der Waals surface area contributed by atoms with E-state index in [-0.39, 0.29) is 18.0 Å². The molecule has 0 saturated heterocycles. The van der Waals surface area contributed by atoms with Crippen LogP contribution < -0.4 is 10.1 Å². The highest BCUT2D eigenvalue weighted by Gasteiger charge is 2.23. The number of esters is 1. The normalized spacial score (nSPS) is 11.8. The largest absolute Gasteiger partial charge is 0.467 e. The molecule has 0 spiro atoms. The fourth-order valence-corrected chi connectivity index (χ4v) is 1.75. The molecule has 0 aliphatic rings. The Balaban J connectivity index is 2.05. The molecule has 0 aromatic carbocycles. The van der Waals surface area contributed by atoms with Crippen LogP contribution in [-0.4, -0.2) is 51.4 Å². The number of pyridine rings is 1. The van der Waals surface area contributed by atoms with Gasteiger partial charge in [0.2, 0.25) is 0 Å². The van der Waals surface area contributed by atoms with E-state index < -0.39 is 24.5 Å². The van der Waals surface area contributed by atoms with E-state index in [4.69, 9.17) is 0 Å². The summed E-state index contributed by atoms with van der Waals surface area (Å²) in [6.07, 6.45) is 3.63. The Kier molecular flexibility index (Phi) is 5.71. The standard InChI is InChI=1S/C13H13F2N5O4/c1-23-12(22)10(5-20-7-16-6-18-20)19-11(21)9-3-2-8(4-17-9)24-13(14)15/h2-4,6-7,10,13H,5H2,1H3,(H,19,21). The fraction of sp³-hybridized carbons (Fsp3) is 0.308. The highest BCUT2D eigenvalue weighted by molar-refractivity contribution is 5.95. The van der Waals surface area contributed by atoms with Crippen LogP contribution in [0.15, 0.2) is 31.0 Å². The summed E-state index contributed by atoms with van der Waals surface area (Å²) in [7, 11) is 1.18. The van der Waals surface area contributed by atoms with Crippen LogP contribution in [0.2, 0.25) is 0 Å². The van der Waals surface area contributed by atoms with Gasteiger partial charge in [0.15, 0.2) is 0 Å². The number of aromatic nitrogens is 4. The van der Waals surface area contributed by atoms with E-state index in [2.05, 4.69) is 29.9 Å². The summed E-state index contributed by atoms with van der Waals surface area (Å²) in [4.78, 5) is 31.3. The molecule has 1 amide bonds. The molecule has 1 N–H and O–H groups in total. The first kappa shape index (κ1) is 17.2. The number of hydrogen-bond donors (Lipinski definition) is 1. The average Bonchev–Trinajstić information content (AvgIpc) is 3.06. The van der Waals surface area contributed by atoms with Gasteiger partial charge in [-0.05, 0) is 12.1 Å². The van der Waals surface area contributed by atoms with Gasteiger partial charge in [0.25, 0.3) is 5.91 Å². The molecule has 0 saturated carbocycles. The summed E-state index contributed by atoms with van der Waals surface area (Å²) in [5.74, 6) is -1.56. The third-order valence-electron chi connectivity index (χ3n) is 2.82. The average molecular weight is 341 g/mol. The van der Waals surface area contributed by atoms with E-state index >= 15 is 0 Å². The molecule has 128 valence electrons. The molecule has 24 heavy (non-hydrogen) atoms. The minimum atomic E-state index is -2.99. The fourth-order valence-electron chi connectivity index (χ4n) is 1.75. The Morgan fingerprint density at radius 2 is 2.17 bits per heavy atom. The van der Waals surface area contributed by atoms with Crippen molar-refractivity contribution >= 4 is 11.9 Å². The number of alkyl halides is 2. The predicted molar refractivity (Wildman–Crippen MR) is 74.2 cm³/mol. The number of nitrogens with zero attached hydrogens (tertiary/aromatic N) is 4. The Hall–Kier alpha value is -3.11. The maximum absolute atomic E-state index is 12.1. The number of rotatable bonds is 7. The van der Waals surface area contributed by atoms with Crippen LogP contribution in [0, 0.1) is 0 Å². The molecule has 2 rings (SSSR count). The molecule has 2 heterocycles. The van der Waals surface area contributed by atoms with Gasteiger partial charge in [-0.1, -0.05) is 0 Å². The van der Waals surface area contributed by atoms with Crippen molar-refractivity contribution in [2.24, 2.45) is 0 Å². The molecule has 2 aromatic heterocycles. The molecule has 0 aliphatic heterocycles. The van der Waals surface area contributed by atoms with Gasteiger partial charge < -0.3 is 14.8 Å². The van der Waals surface area contributed by atoms with E-state index in [1.165, 1.54) is 36.6 Å². The summed E-state index contributed by atoms with van der Waals surface area (Å²) in [5.41, 5.74) is -0.0795. The van der Waals surface area contributed by atoms with Gasteiger partial charge >= 0.3 is 12.6 Å². The number of halogens is 2. The van der Waals surface area contributed by atoms with Crippen LogP contribution in [0.5, 0.6) is 5.75 Å². The van der Waals surface area contributed by atoms with Crippen molar-refractivity contribution in [2.45, 2.75) is 19.2 Å². The van der Waals surface area contributed by atoms with Crippen LogP contribution in [-0.2, 0) is 16.1 Å². The van der Waals surface area contributed by atoms with Crippen molar-refractivity contribution in [2.75, 3.05) is 7.11 Å². The van der Waals surface area contributed by atoms with Gasteiger partial charge in [-0.3, -0.25) is 9.48 Å². The third-order valence-corrected chi connectivity index (χ3v) is 2.82. The van der Waals surface area contributed by atoms with Crippen LogP contribution in [0.1, 0.15) is 10.5 Å². The van der Waals surface area contributed by atoms with Crippen LogP contribution in [0.4, 0.5) is 8.78 Å². The molecule has 2 aromatic rings. The van der Waals surface area contributed by atoms with E-state index in [0.717, 1.165) is 6.20 Å². The number of carbonyl (C=O) groups excluding carboxylic acids is 2. The van der Waals surface area contributed by atoms with Gasteiger partial charge in [-0.2, -0.15) is 13.9 Å². The number of ether oxygens (including phenoxy) is 2. The molecule has 1 atom stereocenters. The zero-order chi connectivity index (χ0) is 17.5. The lowest BCUT2D eigenvalue weighted by molar-refractivity contribution is -0.143. The third kappa shape index (κ3) is 4.69. The van der Waals surface area contributed by atoms with Crippen molar-refractivity contribution in [1.29, 1.82) is 0 Å². The van der Waals surface area contributed by atoms with Crippen molar-refractivity contribution in [3.05, 3.63) is 36.7 Å². The zero-order valence-corrected chi connectivity index (χ0v) is 12.4. The van der Waals surface area contributed by atoms with Crippen LogP contribution in [0.3, 0.4) is 0 Å². The van der Waals surface area contributed by atoms with Crippen LogP contribution in [0.25, 0.3) is 0 Å². The van der Waals surface area contributed by atoms with E-state index in [0.29, 0.717) is 0 Å². The molecule has 0 radical (unpaired) electrons. The lowest BCUT2D eigenvalue weighted by atomic mass is 10.2. The molecule has 0 fully saturated rings. The Morgan fingerprint density at radius 3 is 2.71 bits per heavy atom. The number of carbonyl (C=O) groups is 2. The Bertz CT molecular complexity index is 678. The van der Waals surface area contributed by atoms with E-state index in [1.807, 2.05) is 0 Å². The topological polar surface area (TPSA) is 108 Å². The van der Waals surface area contributed by atoms with E-state index in [1.54, 1.807) is 0 Å². The molecular weight excluding hydrogens is 328 g/mol. The van der Waals surface area contributed by atoms with Crippen LogP contribution >= 0.6 is 0 Å². The van der Waals surface area contributed by atoms with Gasteiger partial charge in [0.05, 0.1) is 19.9 Å². The highest BCUT2D eigenvalue weighted by Crippen LogP contribution is 2.12. The first-order chi connectivity index (χ1) is 11.5. The minimum Gasteiger partial charge on any atom is -0.467 e. The SMILES string of the molecule is COC(=O)C(Cn1cncn1)NC(=O)c1ccc(OC(F)F)cn1. The predicted octanol–water partition coefficient (Wildman–Crippen LogP) is 0.246. The van der Waals surface area contributed by atoms with Crippen molar-refractivity contribution in [3.63, 3.8) is 0 Å². The first-order valence-electron chi connectivity index (χ1n) is 6.61. The molecule has 0 bridgehead atoms. The number of methoxy groups -OCH3 is 1. The number of hydrogen-bond acceptors (Lipinski definition) is 7. The molecule has 11 heteroatoms. The second-order valence-electron chi connectivity index (χ2n) is 4.42. The summed E-state index contributed by atoms with van der Waals surface area (Å²) in [5, 5.41) is 6.26. The lowest BCUT2D eigenvalue weighted by Gasteiger charge is -2.16. The van der Waals surface area contributed by atoms with Gasteiger partial charge in [0.1, 0.15) is 30.1 Å². The lowest BCUT2D eigenvalue weighted by Crippen LogP contribution is -2.44. The summed E-state index contributed by atoms with van der Waals surface area (Å²) in [6, 6.07) is 1.33. The Labute approximate surface area is 134 Å². The van der Waals surface area contributed by atoms with Gasteiger partial charge in [0, 0.05) is 0 Å². The smallest absolute Gasteiger partial charge is 0.387 e. The molecule has 1 unspecified atom stereocenters. The van der Waals surface area contributed by atoms with Gasteiger partial charge in [-0.15, -0.1) is 0 Å². The Morgan fingerprint density at radius 1 is 1.38 bits per heavy atom. The van der Waals surface area contributed by atoms with Gasteiger partial charge in [-0.25, -0.2) is 14.8 Å². The second-order valence-corrected chi connectivity index (χ2v) is 4.42. The maximum Gasteiger partial charge on any atom is 0.387 e. The maximum atomic E-state index is 12.1. The summed E-state index contributed by atoms with van der Waals surface area (Å²) >= 11 is 0. The monoisotopic (exact) mass is 341 g/mol. The number of amides is 1. The molecular formula is C13H13F2N5O4. The van der Waals surface area contributed by atoms with Crippen molar-refractivity contribution in [1.82, 2.24) is 25.1 Å². The van der Waals surface area contributed by atoms with E-state index in [9.17, 15) is 18.4 Å². The highest BCUT2D eigenvalue weighted by atomic mass is 19.3.